The summed E-state index contributed by atoms with van der Waals surface area (Å²) in [4.78, 5) is 37.5. The highest BCUT2D eigenvalue weighted by molar-refractivity contribution is 6.01. The maximum absolute atomic E-state index is 12.8. The van der Waals surface area contributed by atoms with Crippen molar-refractivity contribution < 1.29 is 19.1 Å². The molecule has 6 heteroatoms. The second-order valence-corrected chi connectivity index (χ2v) is 7.54. The molecule has 1 saturated heterocycles. The number of carbonyl (C=O) groups excluding carboxylic acids is 3. The molecule has 2 aromatic rings. The molecule has 1 atom stereocenters. The van der Waals surface area contributed by atoms with E-state index in [0.29, 0.717) is 5.56 Å². The molecule has 3 amide bonds. The number of nitrogens with one attached hydrogen (secondary N) is 1. The van der Waals surface area contributed by atoms with Gasteiger partial charge in [0.25, 0.3) is 5.91 Å². The van der Waals surface area contributed by atoms with E-state index >= 15 is 0 Å². The number of amides is 3. The lowest BCUT2D eigenvalue weighted by atomic mass is 9.95. The summed E-state index contributed by atoms with van der Waals surface area (Å²) >= 11 is 0. The van der Waals surface area contributed by atoms with Crippen LogP contribution in [-0.4, -0.2) is 29.7 Å². The van der Waals surface area contributed by atoms with Crippen LogP contribution in [0, 0.1) is 5.92 Å². The van der Waals surface area contributed by atoms with Crippen LogP contribution < -0.4 is 10.1 Å². The van der Waals surface area contributed by atoms with Crippen molar-refractivity contribution in [2.75, 3.05) is 7.11 Å². The van der Waals surface area contributed by atoms with Gasteiger partial charge in [-0.2, -0.15) is 0 Å². The van der Waals surface area contributed by atoms with Crippen LogP contribution >= 0.6 is 0 Å². The molecule has 0 saturated carbocycles. The topological polar surface area (TPSA) is 75.7 Å². The maximum Gasteiger partial charge on any atom is 0.251 e. The van der Waals surface area contributed by atoms with Crippen LogP contribution in [0.25, 0.3) is 0 Å². The van der Waals surface area contributed by atoms with Gasteiger partial charge in [-0.15, -0.1) is 0 Å². The summed E-state index contributed by atoms with van der Waals surface area (Å²) in [5, 5.41) is 3.09. The van der Waals surface area contributed by atoms with E-state index in [4.69, 9.17) is 4.74 Å². The van der Waals surface area contributed by atoms with Crippen LogP contribution in [0.4, 0.5) is 0 Å². The van der Waals surface area contributed by atoms with Gasteiger partial charge < -0.3 is 10.1 Å². The van der Waals surface area contributed by atoms with Crippen molar-refractivity contribution >= 4 is 17.7 Å². The second-order valence-electron chi connectivity index (χ2n) is 7.54. The molecule has 1 unspecified atom stereocenters. The van der Waals surface area contributed by atoms with E-state index in [2.05, 4.69) is 19.2 Å². The SMILES string of the molecule is COc1ccc(C(NC(=O)c2ccc(CN3C(=O)CCC3=O)cc2)C(C)C)cc1. The molecular weight excluding hydrogens is 368 g/mol. The summed E-state index contributed by atoms with van der Waals surface area (Å²) in [6.45, 7) is 4.37. The molecule has 6 nitrogen and oxygen atoms in total. The summed E-state index contributed by atoms with van der Waals surface area (Å²) in [6.07, 6.45) is 0.558. The Balaban J connectivity index is 1.68. The van der Waals surface area contributed by atoms with Gasteiger partial charge in [-0.25, -0.2) is 0 Å². The quantitative estimate of drug-likeness (QED) is 0.730. The lowest BCUT2D eigenvalue weighted by Crippen LogP contribution is -2.31. The van der Waals surface area contributed by atoms with Crippen LogP contribution in [0.1, 0.15) is 54.2 Å². The van der Waals surface area contributed by atoms with Gasteiger partial charge in [-0.3, -0.25) is 19.3 Å². The zero-order chi connectivity index (χ0) is 21.0. The van der Waals surface area contributed by atoms with Gasteiger partial charge in [0.05, 0.1) is 19.7 Å². The van der Waals surface area contributed by atoms with E-state index in [1.54, 1.807) is 31.4 Å². The third-order valence-electron chi connectivity index (χ3n) is 5.14. The van der Waals surface area contributed by atoms with Gasteiger partial charge in [0.15, 0.2) is 0 Å². The fraction of sp³-hybridized carbons (Fsp3) is 0.348. The van der Waals surface area contributed by atoms with Gasteiger partial charge >= 0.3 is 0 Å². The highest BCUT2D eigenvalue weighted by atomic mass is 16.5. The minimum Gasteiger partial charge on any atom is -0.497 e. The van der Waals surface area contributed by atoms with E-state index in [0.717, 1.165) is 16.9 Å². The molecule has 1 aliphatic heterocycles. The Morgan fingerprint density at radius 1 is 1.00 bits per heavy atom. The maximum atomic E-state index is 12.8. The Morgan fingerprint density at radius 3 is 2.10 bits per heavy atom. The number of ether oxygens (including phenoxy) is 1. The zero-order valence-electron chi connectivity index (χ0n) is 17.0. The molecule has 0 radical (unpaired) electrons. The van der Waals surface area contributed by atoms with Crippen LogP contribution in [0.2, 0.25) is 0 Å². The molecule has 1 fully saturated rings. The molecule has 2 aromatic carbocycles. The fourth-order valence-corrected chi connectivity index (χ4v) is 3.41. The van der Waals surface area contributed by atoms with Crippen molar-refractivity contribution in [2.24, 2.45) is 5.92 Å². The lowest BCUT2D eigenvalue weighted by molar-refractivity contribution is -0.139. The minimum atomic E-state index is -0.167. The second kappa shape index (κ2) is 8.90. The monoisotopic (exact) mass is 394 g/mol. The highest BCUT2D eigenvalue weighted by Crippen LogP contribution is 2.24. The van der Waals surface area contributed by atoms with E-state index < -0.39 is 0 Å². The number of imide groups is 1. The Kier molecular flexibility index (Phi) is 6.32. The van der Waals surface area contributed by atoms with E-state index in [1.165, 1.54) is 4.90 Å². The van der Waals surface area contributed by atoms with Crippen LogP contribution in [0.5, 0.6) is 5.75 Å². The molecular formula is C23H26N2O4. The van der Waals surface area contributed by atoms with Gasteiger partial charge in [0.1, 0.15) is 5.75 Å². The lowest BCUT2D eigenvalue weighted by Gasteiger charge is -2.23. The average Bonchev–Trinajstić information content (AvgIpc) is 3.04. The van der Waals surface area contributed by atoms with Gasteiger partial charge in [0.2, 0.25) is 11.8 Å². The molecule has 29 heavy (non-hydrogen) atoms. The summed E-state index contributed by atoms with van der Waals surface area (Å²) in [5.41, 5.74) is 2.37. The molecule has 1 aliphatic rings. The third-order valence-corrected chi connectivity index (χ3v) is 5.14. The van der Waals surface area contributed by atoms with Crippen molar-refractivity contribution in [1.82, 2.24) is 10.2 Å². The molecule has 3 rings (SSSR count). The summed E-state index contributed by atoms with van der Waals surface area (Å²) < 4.78 is 5.20. The van der Waals surface area contributed by atoms with Crippen molar-refractivity contribution in [2.45, 2.75) is 39.3 Å². The van der Waals surface area contributed by atoms with Crippen LogP contribution in [0.15, 0.2) is 48.5 Å². The molecule has 0 spiro atoms. The Bertz CT molecular complexity index is 872. The average molecular weight is 394 g/mol. The van der Waals surface area contributed by atoms with E-state index in [-0.39, 0.29) is 49.1 Å². The van der Waals surface area contributed by atoms with Crippen molar-refractivity contribution in [3.8, 4) is 5.75 Å². The molecule has 1 heterocycles. The number of hydrogen-bond donors (Lipinski definition) is 1. The van der Waals surface area contributed by atoms with Crippen molar-refractivity contribution in [1.29, 1.82) is 0 Å². The number of nitrogens with zero attached hydrogens (tertiary/aromatic N) is 1. The van der Waals surface area contributed by atoms with Gasteiger partial charge in [-0.05, 0) is 41.3 Å². The summed E-state index contributed by atoms with van der Waals surface area (Å²) in [5.74, 6) is 0.526. The number of carbonyl (C=O) groups is 3. The Hall–Kier alpha value is -3.15. The zero-order valence-corrected chi connectivity index (χ0v) is 17.0. The first-order valence-electron chi connectivity index (χ1n) is 9.76. The molecule has 152 valence electrons. The first-order valence-corrected chi connectivity index (χ1v) is 9.76. The smallest absolute Gasteiger partial charge is 0.251 e. The number of likely N-dealkylation sites (tertiary alicyclic amines) is 1. The molecule has 0 aromatic heterocycles. The van der Waals surface area contributed by atoms with E-state index in [1.807, 2.05) is 24.3 Å². The van der Waals surface area contributed by atoms with E-state index in [9.17, 15) is 14.4 Å². The first kappa shape index (κ1) is 20.6. The largest absolute Gasteiger partial charge is 0.497 e. The van der Waals surface area contributed by atoms with Crippen LogP contribution in [-0.2, 0) is 16.1 Å². The minimum absolute atomic E-state index is 0.132. The predicted molar refractivity (Wildman–Crippen MR) is 109 cm³/mol. The standard InChI is InChI=1S/C23H26N2O4/c1-15(2)22(17-8-10-19(29-3)11-9-17)24-23(28)18-6-4-16(5-7-18)14-25-20(26)12-13-21(25)27/h4-11,15,22H,12-14H2,1-3H3,(H,24,28). The van der Waals surface area contributed by atoms with Crippen LogP contribution in [0.3, 0.4) is 0 Å². The highest BCUT2D eigenvalue weighted by Gasteiger charge is 2.28. The number of benzene rings is 2. The van der Waals surface area contributed by atoms with Crippen molar-refractivity contribution in [3.63, 3.8) is 0 Å². The molecule has 0 bridgehead atoms. The Labute approximate surface area is 170 Å². The molecule has 1 N–H and O–H groups in total. The number of hydrogen-bond acceptors (Lipinski definition) is 4. The third kappa shape index (κ3) is 4.83. The molecule has 0 aliphatic carbocycles. The van der Waals surface area contributed by atoms with Gasteiger partial charge in [0, 0.05) is 18.4 Å². The fourth-order valence-electron chi connectivity index (χ4n) is 3.41. The summed E-state index contributed by atoms with van der Waals surface area (Å²) in [7, 11) is 1.62. The Morgan fingerprint density at radius 2 is 1.59 bits per heavy atom. The predicted octanol–water partition coefficient (Wildman–Crippen LogP) is 3.47. The summed E-state index contributed by atoms with van der Waals surface area (Å²) in [6, 6.07) is 14.6. The first-order chi connectivity index (χ1) is 13.9. The normalized spacial score (nSPS) is 15.0. The van der Waals surface area contributed by atoms with Gasteiger partial charge in [-0.1, -0.05) is 38.1 Å². The van der Waals surface area contributed by atoms with Crippen molar-refractivity contribution in [3.05, 3.63) is 65.2 Å². The number of methoxy groups -OCH3 is 1. The number of rotatable bonds is 7.